The van der Waals surface area contributed by atoms with Crippen molar-refractivity contribution in [1.82, 2.24) is 24.6 Å². The predicted molar refractivity (Wildman–Crippen MR) is 132 cm³/mol. The van der Waals surface area contributed by atoms with E-state index in [0.717, 1.165) is 16.7 Å². The number of hydrogen-bond donors (Lipinski definition) is 2. The molecule has 3 heterocycles. The molecule has 186 valence electrons. The average molecular weight is 491 g/mol. The number of aromatic nitrogens is 4. The molecule has 0 aliphatic carbocycles. The first-order valence-corrected chi connectivity index (χ1v) is 11.2. The van der Waals surface area contributed by atoms with Crippen LogP contribution >= 0.6 is 0 Å². The number of nitrogens with two attached hydrogens (primary N) is 1. The minimum absolute atomic E-state index is 0.0117. The van der Waals surface area contributed by atoms with E-state index in [9.17, 15) is 14.4 Å². The molecule has 1 atom stereocenters. The van der Waals surface area contributed by atoms with E-state index < -0.39 is 12.0 Å². The first kappa shape index (κ1) is 24.4. The molecule has 1 saturated heterocycles. The average Bonchev–Trinajstić information content (AvgIpc) is 3.57. The molecule has 12 nitrogen and oxygen atoms in total. The molecule has 36 heavy (non-hydrogen) atoms. The van der Waals surface area contributed by atoms with Crippen LogP contribution in [0.2, 0.25) is 0 Å². The normalized spacial score (nSPS) is 14.8. The Bertz CT molecular complexity index is 1280. The lowest BCUT2D eigenvalue weighted by atomic mass is 10.2. The van der Waals surface area contributed by atoms with Gasteiger partial charge in [0.2, 0.25) is 5.91 Å². The van der Waals surface area contributed by atoms with Crippen molar-refractivity contribution in [2.45, 2.75) is 19.1 Å². The maximum absolute atomic E-state index is 12.4. The number of hydrogen-bond acceptors (Lipinski definition) is 9. The minimum Gasteiger partial charge on any atom is -0.443 e. The number of carbonyl (C=O) groups is 3. The van der Waals surface area contributed by atoms with Crippen molar-refractivity contribution < 1.29 is 19.1 Å². The zero-order chi connectivity index (χ0) is 25.7. The highest BCUT2D eigenvalue weighted by Crippen LogP contribution is 2.24. The van der Waals surface area contributed by atoms with E-state index in [1.165, 1.54) is 24.7 Å². The maximum atomic E-state index is 12.4. The zero-order valence-electron chi connectivity index (χ0n) is 19.7. The van der Waals surface area contributed by atoms with Gasteiger partial charge in [-0.15, -0.1) is 0 Å². The molecule has 0 radical (unpaired) electrons. The summed E-state index contributed by atoms with van der Waals surface area (Å²) in [7, 11) is 1.84. The summed E-state index contributed by atoms with van der Waals surface area (Å²) in [5.74, 6) is -0.295. The fourth-order valence-corrected chi connectivity index (χ4v) is 3.80. The Morgan fingerprint density at radius 1 is 1.28 bits per heavy atom. The summed E-state index contributed by atoms with van der Waals surface area (Å²) in [4.78, 5) is 48.5. The summed E-state index contributed by atoms with van der Waals surface area (Å²) in [6, 6.07) is 9.28. The van der Waals surface area contributed by atoms with Crippen LogP contribution < -0.4 is 16.0 Å². The number of carbonyl (C=O) groups excluding carboxylic acids is 3. The Labute approximate surface area is 207 Å². The van der Waals surface area contributed by atoms with Crippen LogP contribution in [0, 0.1) is 0 Å². The Balaban J connectivity index is 1.47. The quantitative estimate of drug-likeness (QED) is 0.452. The van der Waals surface area contributed by atoms with Crippen LogP contribution in [-0.2, 0) is 16.1 Å². The topological polar surface area (TPSA) is 149 Å². The van der Waals surface area contributed by atoms with Crippen LogP contribution in [0.4, 0.5) is 22.1 Å². The molecule has 1 aromatic carbocycles. The lowest BCUT2D eigenvalue weighted by Crippen LogP contribution is -2.36. The van der Waals surface area contributed by atoms with Crippen molar-refractivity contribution in [2.24, 2.45) is 5.73 Å². The van der Waals surface area contributed by atoms with E-state index >= 15 is 0 Å². The molecule has 0 saturated carbocycles. The van der Waals surface area contributed by atoms with Gasteiger partial charge in [-0.3, -0.25) is 9.59 Å². The van der Waals surface area contributed by atoms with Crippen molar-refractivity contribution >= 4 is 35.2 Å². The van der Waals surface area contributed by atoms with Gasteiger partial charge < -0.3 is 25.6 Å². The molecule has 0 bridgehead atoms. The second kappa shape index (κ2) is 10.7. The first-order valence-electron chi connectivity index (χ1n) is 11.2. The van der Waals surface area contributed by atoms with Crippen molar-refractivity contribution in [1.29, 1.82) is 0 Å². The zero-order valence-corrected chi connectivity index (χ0v) is 19.7. The number of ether oxygens (including phenoxy) is 1. The van der Waals surface area contributed by atoms with Gasteiger partial charge in [0.25, 0.3) is 5.91 Å². The van der Waals surface area contributed by atoms with Gasteiger partial charge >= 0.3 is 6.09 Å². The van der Waals surface area contributed by atoms with E-state index in [-0.39, 0.29) is 30.1 Å². The van der Waals surface area contributed by atoms with Crippen molar-refractivity contribution in [2.75, 3.05) is 30.4 Å². The fraction of sp³-hybridized carbons (Fsp3) is 0.250. The predicted octanol–water partition coefficient (Wildman–Crippen LogP) is 1.92. The van der Waals surface area contributed by atoms with E-state index in [1.807, 2.05) is 42.3 Å². The van der Waals surface area contributed by atoms with Gasteiger partial charge in [0.15, 0.2) is 11.5 Å². The summed E-state index contributed by atoms with van der Waals surface area (Å²) in [5.41, 5.74) is 6.65. The maximum Gasteiger partial charge on any atom is 0.435 e. The Hall–Kier alpha value is -4.74. The monoisotopic (exact) mass is 490 g/mol. The van der Waals surface area contributed by atoms with Crippen LogP contribution in [0.5, 0.6) is 0 Å². The largest absolute Gasteiger partial charge is 0.443 e. The van der Waals surface area contributed by atoms with Crippen LogP contribution in [-0.4, -0.2) is 68.7 Å². The van der Waals surface area contributed by atoms with E-state index in [1.54, 1.807) is 4.90 Å². The van der Waals surface area contributed by atoms with Crippen molar-refractivity contribution in [3.63, 3.8) is 0 Å². The number of nitrogens with zero attached hydrogens (tertiary/aromatic N) is 6. The summed E-state index contributed by atoms with van der Waals surface area (Å²) in [6.07, 6.45) is 5.63. The summed E-state index contributed by atoms with van der Waals surface area (Å²) in [6.45, 7) is 4.76. The highest BCUT2D eigenvalue weighted by atomic mass is 16.6. The van der Waals surface area contributed by atoms with Gasteiger partial charge in [0.1, 0.15) is 12.4 Å². The number of nitrogens with one attached hydrogen (secondary N) is 1. The van der Waals surface area contributed by atoms with Crippen molar-refractivity contribution in [3.8, 4) is 0 Å². The third-order valence-electron chi connectivity index (χ3n) is 5.79. The third-order valence-corrected chi connectivity index (χ3v) is 5.79. The van der Waals surface area contributed by atoms with Gasteiger partial charge in [-0.1, -0.05) is 36.9 Å². The molecule has 2 amide bonds. The molecule has 4 rings (SSSR count). The second-order valence-electron chi connectivity index (χ2n) is 8.17. The molecule has 3 N–H and O–H groups in total. The SMILES string of the molecule is C=CC(=O)N1CC[C@@H](N(C)c2cnc(C(N)=O)c(Nc3cnn(C(=O)OCc4ccccc4)c3)n2)C1. The highest BCUT2D eigenvalue weighted by Gasteiger charge is 2.29. The van der Waals surface area contributed by atoms with Gasteiger partial charge in [-0.2, -0.15) is 9.78 Å². The number of primary amides is 1. The molecular formula is C24H26N8O4. The highest BCUT2D eigenvalue weighted by molar-refractivity contribution is 5.96. The lowest BCUT2D eigenvalue weighted by molar-refractivity contribution is -0.125. The second-order valence-corrected chi connectivity index (χ2v) is 8.17. The molecule has 1 fully saturated rings. The van der Waals surface area contributed by atoms with Gasteiger partial charge in [0.05, 0.1) is 24.3 Å². The summed E-state index contributed by atoms with van der Waals surface area (Å²) < 4.78 is 6.30. The molecular weight excluding hydrogens is 464 g/mol. The van der Waals surface area contributed by atoms with E-state index in [4.69, 9.17) is 10.5 Å². The summed E-state index contributed by atoms with van der Waals surface area (Å²) >= 11 is 0. The number of anilines is 3. The molecule has 0 unspecified atom stereocenters. The van der Waals surface area contributed by atoms with Crippen LogP contribution in [0.15, 0.2) is 61.6 Å². The van der Waals surface area contributed by atoms with Gasteiger partial charge in [0, 0.05) is 26.2 Å². The van der Waals surface area contributed by atoms with E-state index in [2.05, 4.69) is 27.0 Å². The standard InChI is InChI=1S/C24H26N8O4/c1-3-20(33)31-10-9-18(14-31)30(2)19-12-26-21(22(25)34)23(29-19)28-17-11-27-32(13-17)24(35)36-15-16-7-5-4-6-8-16/h3-8,11-13,18H,1,9-10,14-15H2,2H3,(H2,25,34)(H,28,29)/t18-/m1/s1. The molecule has 0 spiro atoms. The minimum atomic E-state index is -0.766. The molecule has 12 heteroatoms. The van der Waals surface area contributed by atoms with Gasteiger partial charge in [-0.25, -0.2) is 14.8 Å². The lowest BCUT2D eigenvalue weighted by Gasteiger charge is -2.26. The number of amides is 2. The number of likely N-dealkylation sites (tertiary alicyclic amines) is 1. The Kier molecular flexibility index (Phi) is 7.23. The first-order chi connectivity index (χ1) is 17.4. The van der Waals surface area contributed by atoms with E-state index in [0.29, 0.717) is 24.6 Å². The molecule has 2 aromatic heterocycles. The number of benzene rings is 1. The fourth-order valence-electron chi connectivity index (χ4n) is 3.80. The van der Waals surface area contributed by atoms with Crippen LogP contribution in [0.1, 0.15) is 22.5 Å². The van der Waals surface area contributed by atoms with Crippen LogP contribution in [0.25, 0.3) is 0 Å². The Morgan fingerprint density at radius 3 is 2.78 bits per heavy atom. The van der Waals surface area contributed by atoms with Crippen molar-refractivity contribution in [3.05, 3.63) is 72.8 Å². The number of likely N-dealkylation sites (N-methyl/N-ethyl adjacent to an activating group) is 1. The third kappa shape index (κ3) is 5.49. The van der Waals surface area contributed by atoms with Crippen LogP contribution in [0.3, 0.4) is 0 Å². The summed E-state index contributed by atoms with van der Waals surface area (Å²) in [5, 5.41) is 6.97. The Morgan fingerprint density at radius 2 is 2.06 bits per heavy atom. The molecule has 3 aromatic rings. The number of rotatable bonds is 8. The smallest absolute Gasteiger partial charge is 0.435 e. The molecule has 1 aliphatic heterocycles. The molecule has 1 aliphatic rings. The van der Waals surface area contributed by atoms with Gasteiger partial charge in [-0.05, 0) is 18.1 Å².